The van der Waals surface area contributed by atoms with E-state index in [9.17, 15) is 9.59 Å². The standard InChI is InChI=1S/C16H24N2O3/c1-5-18(9-8-16(20)21-4)11-15(19)17-14-10-12(2)6-7-13(14)3/h6-7,10H,5,8-9,11H2,1-4H3,(H,17,19). The second-order valence-corrected chi connectivity index (χ2v) is 5.06. The molecule has 21 heavy (non-hydrogen) atoms. The molecule has 0 atom stereocenters. The van der Waals surface area contributed by atoms with Crippen molar-refractivity contribution in [3.05, 3.63) is 29.3 Å². The van der Waals surface area contributed by atoms with Gasteiger partial charge in [-0.2, -0.15) is 0 Å². The molecule has 0 aromatic heterocycles. The molecule has 1 aromatic rings. The van der Waals surface area contributed by atoms with Crippen molar-refractivity contribution < 1.29 is 14.3 Å². The lowest BCUT2D eigenvalue weighted by atomic mass is 10.1. The lowest BCUT2D eigenvalue weighted by Crippen LogP contribution is -2.34. The van der Waals surface area contributed by atoms with Gasteiger partial charge in [-0.1, -0.05) is 19.1 Å². The second-order valence-electron chi connectivity index (χ2n) is 5.06. The van der Waals surface area contributed by atoms with Crippen molar-refractivity contribution in [3.8, 4) is 0 Å². The highest BCUT2D eigenvalue weighted by Crippen LogP contribution is 2.16. The maximum Gasteiger partial charge on any atom is 0.306 e. The number of ether oxygens (including phenoxy) is 1. The van der Waals surface area contributed by atoms with Crippen molar-refractivity contribution in [1.29, 1.82) is 0 Å². The molecule has 5 nitrogen and oxygen atoms in total. The van der Waals surface area contributed by atoms with Crippen LogP contribution in [-0.4, -0.2) is 43.5 Å². The third kappa shape index (κ3) is 5.95. The lowest BCUT2D eigenvalue weighted by molar-refractivity contribution is -0.141. The van der Waals surface area contributed by atoms with Crippen molar-refractivity contribution in [2.45, 2.75) is 27.2 Å². The van der Waals surface area contributed by atoms with E-state index in [1.54, 1.807) is 0 Å². The molecule has 0 fully saturated rings. The Hall–Kier alpha value is -1.88. The molecule has 5 heteroatoms. The van der Waals surface area contributed by atoms with E-state index < -0.39 is 0 Å². The van der Waals surface area contributed by atoms with Gasteiger partial charge in [0.05, 0.1) is 20.1 Å². The lowest BCUT2D eigenvalue weighted by Gasteiger charge is -2.19. The van der Waals surface area contributed by atoms with E-state index in [1.807, 2.05) is 43.9 Å². The highest BCUT2D eigenvalue weighted by molar-refractivity contribution is 5.93. The van der Waals surface area contributed by atoms with Crippen LogP contribution in [0.15, 0.2) is 18.2 Å². The van der Waals surface area contributed by atoms with Gasteiger partial charge in [-0.15, -0.1) is 0 Å². The molecule has 0 saturated heterocycles. The molecule has 1 N–H and O–H groups in total. The van der Waals surface area contributed by atoms with E-state index in [1.165, 1.54) is 7.11 Å². The third-order valence-electron chi connectivity index (χ3n) is 3.34. The monoisotopic (exact) mass is 292 g/mol. The van der Waals surface area contributed by atoms with Gasteiger partial charge >= 0.3 is 5.97 Å². The van der Waals surface area contributed by atoms with Crippen LogP contribution in [0.1, 0.15) is 24.5 Å². The van der Waals surface area contributed by atoms with Crippen molar-refractivity contribution in [2.24, 2.45) is 0 Å². The van der Waals surface area contributed by atoms with Crippen LogP contribution in [-0.2, 0) is 14.3 Å². The minimum atomic E-state index is -0.261. The number of rotatable bonds is 7. The fourth-order valence-electron chi connectivity index (χ4n) is 1.96. The number of aryl methyl sites for hydroxylation is 2. The number of nitrogens with one attached hydrogen (secondary N) is 1. The van der Waals surface area contributed by atoms with Gasteiger partial charge in [0.15, 0.2) is 0 Å². The minimum Gasteiger partial charge on any atom is -0.469 e. The van der Waals surface area contributed by atoms with Crippen LogP contribution >= 0.6 is 0 Å². The molecule has 0 aliphatic rings. The first kappa shape index (κ1) is 17.2. The van der Waals surface area contributed by atoms with Crippen LogP contribution in [0.3, 0.4) is 0 Å². The van der Waals surface area contributed by atoms with E-state index >= 15 is 0 Å². The van der Waals surface area contributed by atoms with Gasteiger partial charge in [-0.05, 0) is 37.6 Å². The van der Waals surface area contributed by atoms with Crippen LogP contribution in [0.2, 0.25) is 0 Å². The zero-order valence-electron chi connectivity index (χ0n) is 13.2. The van der Waals surface area contributed by atoms with Crippen LogP contribution < -0.4 is 5.32 Å². The molecule has 0 aliphatic carbocycles. The number of nitrogens with zero attached hydrogens (tertiary/aromatic N) is 1. The maximum absolute atomic E-state index is 12.1. The highest BCUT2D eigenvalue weighted by Gasteiger charge is 2.12. The Morgan fingerprint density at radius 3 is 2.62 bits per heavy atom. The topological polar surface area (TPSA) is 58.6 Å². The first-order valence-corrected chi connectivity index (χ1v) is 7.12. The van der Waals surface area contributed by atoms with E-state index in [-0.39, 0.29) is 18.4 Å². The number of likely N-dealkylation sites (N-methyl/N-ethyl adjacent to an activating group) is 1. The van der Waals surface area contributed by atoms with Gasteiger partial charge in [0.2, 0.25) is 5.91 Å². The SMILES string of the molecule is CCN(CCC(=O)OC)CC(=O)Nc1cc(C)ccc1C. The van der Waals surface area contributed by atoms with Crippen molar-refractivity contribution in [1.82, 2.24) is 4.90 Å². The summed E-state index contributed by atoms with van der Waals surface area (Å²) in [5.41, 5.74) is 2.98. The smallest absolute Gasteiger partial charge is 0.306 e. The molecule has 0 radical (unpaired) electrons. The van der Waals surface area contributed by atoms with E-state index in [2.05, 4.69) is 10.1 Å². The fourth-order valence-corrected chi connectivity index (χ4v) is 1.96. The summed E-state index contributed by atoms with van der Waals surface area (Å²) in [6.45, 7) is 7.40. The molecular formula is C16H24N2O3. The summed E-state index contributed by atoms with van der Waals surface area (Å²) in [4.78, 5) is 25.1. The molecule has 0 heterocycles. The van der Waals surface area contributed by atoms with Gasteiger partial charge in [0.25, 0.3) is 0 Å². The van der Waals surface area contributed by atoms with E-state index in [0.717, 1.165) is 16.8 Å². The van der Waals surface area contributed by atoms with Crippen LogP contribution in [0.4, 0.5) is 5.69 Å². The van der Waals surface area contributed by atoms with Gasteiger partial charge in [0, 0.05) is 12.2 Å². The predicted molar refractivity (Wildman–Crippen MR) is 83.3 cm³/mol. The predicted octanol–water partition coefficient (Wildman–Crippen LogP) is 2.13. The first-order chi connectivity index (χ1) is 9.96. The first-order valence-electron chi connectivity index (χ1n) is 7.12. The number of anilines is 1. The Morgan fingerprint density at radius 1 is 1.29 bits per heavy atom. The average molecular weight is 292 g/mol. The van der Waals surface area contributed by atoms with Crippen LogP contribution in [0, 0.1) is 13.8 Å². The number of esters is 1. The average Bonchev–Trinajstić information content (AvgIpc) is 2.46. The van der Waals surface area contributed by atoms with Gasteiger partial charge in [-0.25, -0.2) is 0 Å². The summed E-state index contributed by atoms with van der Waals surface area (Å²) in [6, 6.07) is 5.96. The number of hydrogen-bond acceptors (Lipinski definition) is 4. The molecule has 116 valence electrons. The Labute approximate surface area is 126 Å². The fraction of sp³-hybridized carbons (Fsp3) is 0.500. The summed E-state index contributed by atoms with van der Waals surface area (Å²) in [5, 5.41) is 2.92. The maximum atomic E-state index is 12.1. The summed E-state index contributed by atoms with van der Waals surface area (Å²) in [6.07, 6.45) is 0.293. The third-order valence-corrected chi connectivity index (χ3v) is 3.34. The van der Waals surface area contributed by atoms with Gasteiger partial charge in [-0.3, -0.25) is 14.5 Å². The summed E-state index contributed by atoms with van der Waals surface area (Å²) in [5.74, 6) is -0.334. The molecule has 1 amide bonds. The normalized spacial score (nSPS) is 10.5. The Balaban J connectivity index is 2.54. The molecular weight excluding hydrogens is 268 g/mol. The Morgan fingerprint density at radius 2 is 2.00 bits per heavy atom. The number of amides is 1. The molecule has 1 aromatic carbocycles. The van der Waals surface area contributed by atoms with Crippen molar-refractivity contribution in [2.75, 3.05) is 32.1 Å². The number of benzene rings is 1. The molecule has 1 rings (SSSR count). The molecule has 0 unspecified atom stereocenters. The van der Waals surface area contributed by atoms with Gasteiger partial charge < -0.3 is 10.1 Å². The quantitative estimate of drug-likeness (QED) is 0.782. The second kappa shape index (κ2) is 8.42. The van der Waals surface area contributed by atoms with Gasteiger partial charge in [0.1, 0.15) is 0 Å². The summed E-state index contributed by atoms with van der Waals surface area (Å²) >= 11 is 0. The largest absolute Gasteiger partial charge is 0.469 e. The summed E-state index contributed by atoms with van der Waals surface area (Å²) < 4.78 is 4.61. The van der Waals surface area contributed by atoms with Crippen LogP contribution in [0.25, 0.3) is 0 Å². The number of methoxy groups -OCH3 is 1. The Bertz CT molecular complexity index is 500. The zero-order chi connectivity index (χ0) is 15.8. The molecule has 0 aliphatic heterocycles. The summed E-state index contributed by atoms with van der Waals surface area (Å²) in [7, 11) is 1.37. The van der Waals surface area contributed by atoms with Crippen molar-refractivity contribution >= 4 is 17.6 Å². The molecule has 0 bridgehead atoms. The van der Waals surface area contributed by atoms with Crippen LogP contribution in [0.5, 0.6) is 0 Å². The zero-order valence-corrected chi connectivity index (χ0v) is 13.2. The number of carbonyl (C=O) groups is 2. The molecule has 0 spiro atoms. The molecule has 0 saturated carbocycles. The van der Waals surface area contributed by atoms with E-state index in [0.29, 0.717) is 19.5 Å². The van der Waals surface area contributed by atoms with Crippen molar-refractivity contribution in [3.63, 3.8) is 0 Å². The number of carbonyl (C=O) groups excluding carboxylic acids is 2. The minimum absolute atomic E-state index is 0.0737. The Kier molecular flexibility index (Phi) is 6.88. The highest BCUT2D eigenvalue weighted by atomic mass is 16.5. The number of hydrogen-bond donors (Lipinski definition) is 1. The van der Waals surface area contributed by atoms with E-state index in [4.69, 9.17) is 0 Å².